The van der Waals surface area contributed by atoms with Crippen LogP contribution in [0, 0.1) is 0 Å². The van der Waals surface area contributed by atoms with Crippen LogP contribution in [0.2, 0.25) is 0 Å². The zero-order chi connectivity index (χ0) is 11.4. The highest BCUT2D eigenvalue weighted by Gasteiger charge is 2.11. The molecule has 0 spiro atoms. The Morgan fingerprint density at radius 3 is 2.88 bits per heavy atom. The maximum absolute atomic E-state index is 11.7. The average molecular weight is 216 g/mol. The highest BCUT2D eigenvalue weighted by molar-refractivity contribution is 6.02. The average Bonchev–Trinajstić information content (AvgIpc) is 2.83. The maximum atomic E-state index is 11.7. The summed E-state index contributed by atoms with van der Waals surface area (Å²) in [7, 11) is 0. The fraction of sp³-hybridized carbons (Fsp3) is 0.167. The Morgan fingerprint density at radius 1 is 1.38 bits per heavy atom. The molecule has 0 saturated heterocycles. The molecule has 0 atom stereocenters. The van der Waals surface area contributed by atoms with Crippen LogP contribution in [0.25, 0.3) is 0 Å². The van der Waals surface area contributed by atoms with Gasteiger partial charge in [0.05, 0.1) is 6.20 Å². The van der Waals surface area contributed by atoms with Crippen molar-refractivity contribution in [3.8, 4) is 0 Å². The molecule has 1 aromatic heterocycles. The van der Waals surface area contributed by atoms with E-state index in [-0.39, 0.29) is 11.7 Å². The smallest absolute Gasteiger partial charge is 0.294 e. The molecule has 0 aliphatic rings. The van der Waals surface area contributed by atoms with Crippen LogP contribution >= 0.6 is 0 Å². The molecule has 16 heavy (non-hydrogen) atoms. The van der Waals surface area contributed by atoms with E-state index in [4.69, 9.17) is 4.52 Å². The zero-order valence-corrected chi connectivity index (χ0v) is 8.93. The molecule has 0 saturated carbocycles. The standard InChI is InChI=1S/C12H12N2O2/c1-2-9-5-3-4-6-10(9)14-12(15)11-7-8-13-16-11/h3-8H,2H2,1H3,(H,14,15). The van der Waals surface area contributed by atoms with Crippen LogP contribution in [-0.4, -0.2) is 11.1 Å². The van der Waals surface area contributed by atoms with E-state index >= 15 is 0 Å². The number of carbonyl (C=O) groups excluding carboxylic acids is 1. The molecule has 0 aliphatic carbocycles. The van der Waals surface area contributed by atoms with Crippen LogP contribution in [0.4, 0.5) is 5.69 Å². The summed E-state index contributed by atoms with van der Waals surface area (Å²) in [5.41, 5.74) is 1.90. The SMILES string of the molecule is CCc1ccccc1NC(=O)c1ccno1. The number of hydrogen-bond acceptors (Lipinski definition) is 3. The molecule has 2 aromatic rings. The fourth-order valence-electron chi connectivity index (χ4n) is 1.47. The van der Waals surface area contributed by atoms with E-state index in [0.717, 1.165) is 17.7 Å². The van der Waals surface area contributed by atoms with Crippen LogP contribution in [0.3, 0.4) is 0 Å². The van der Waals surface area contributed by atoms with Gasteiger partial charge in [-0.3, -0.25) is 4.79 Å². The Labute approximate surface area is 93.3 Å². The Kier molecular flexibility index (Phi) is 3.00. The summed E-state index contributed by atoms with van der Waals surface area (Å²) in [5, 5.41) is 6.28. The summed E-state index contributed by atoms with van der Waals surface area (Å²) in [5.74, 6) is -0.0655. The minimum absolute atomic E-state index is 0.214. The second-order valence-electron chi connectivity index (χ2n) is 3.34. The minimum Gasteiger partial charge on any atom is -0.351 e. The van der Waals surface area contributed by atoms with E-state index < -0.39 is 0 Å². The van der Waals surface area contributed by atoms with Crippen molar-refractivity contribution in [2.24, 2.45) is 0 Å². The van der Waals surface area contributed by atoms with Crippen molar-refractivity contribution in [1.29, 1.82) is 0 Å². The van der Waals surface area contributed by atoms with Gasteiger partial charge < -0.3 is 9.84 Å². The minimum atomic E-state index is -0.279. The van der Waals surface area contributed by atoms with Gasteiger partial charge in [-0.1, -0.05) is 30.3 Å². The zero-order valence-electron chi connectivity index (χ0n) is 8.93. The number of aryl methyl sites for hydroxylation is 1. The topological polar surface area (TPSA) is 55.1 Å². The van der Waals surface area contributed by atoms with Gasteiger partial charge in [-0.15, -0.1) is 0 Å². The molecule has 1 aromatic carbocycles. The molecular formula is C12H12N2O2. The van der Waals surface area contributed by atoms with Crippen LogP contribution in [0.5, 0.6) is 0 Å². The van der Waals surface area contributed by atoms with E-state index in [2.05, 4.69) is 10.5 Å². The quantitative estimate of drug-likeness (QED) is 0.857. The highest BCUT2D eigenvalue weighted by atomic mass is 16.5. The molecule has 1 N–H and O–H groups in total. The van der Waals surface area contributed by atoms with Crippen molar-refractivity contribution in [2.75, 3.05) is 5.32 Å². The van der Waals surface area contributed by atoms with Crippen molar-refractivity contribution in [1.82, 2.24) is 5.16 Å². The first kappa shape index (κ1) is 10.4. The molecule has 1 heterocycles. The summed E-state index contributed by atoms with van der Waals surface area (Å²) in [6, 6.07) is 9.21. The summed E-state index contributed by atoms with van der Waals surface area (Å²) in [6.45, 7) is 2.04. The number of amides is 1. The van der Waals surface area contributed by atoms with Gasteiger partial charge in [-0.2, -0.15) is 0 Å². The number of hydrogen-bond donors (Lipinski definition) is 1. The molecule has 0 unspecified atom stereocenters. The lowest BCUT2D eigenvalue weighted by molar-refractivity contribution is 0.0988. The summed E-state index contributed by atoms with van der Waals surface area (Å²) in [4.78, 5) is 11.7. The molecule has 0 fully saturated rings. The van der Waals surface area contributed by atoms with Gasteiger partial charge in [0.25, 0.3) is 5.91 Å². The second kappa shape index (κ2) is 4.61. The predicted molar refractivity (Wildman–Crippen MR) is 60.3 cm³/mol. The Balaban J connectivity index is 2.18. The Bertz CT molecular complexity index is 478. The summed E-state index contributed by atoms with van der Waals surface area (Å²) in [6.07, 6.45) is 2.31. The molecule has 0 aliphatic heterocycles. The van der Waals surface area contributed by atoms with Crippen LogP contribution in [-0.2, 0) is 6.42 Å². The lowest BCUT2D eigenvalue weighted by Gasteiger charge is -2.07. The normalized spacial score (nSPS) is 10.1. The number of nitrogens with one attached hydrogen (secondary N) is 1. The van der Waals surface area contributed by atoms with E-state index in [0.29, 0.717) is 0 Å². The molecule has 1 amide bonds. The van der Waals surface area contributed by atoms with Crippen molar-refractivity contribution >= 4 is 11.6 Å². The van der Waals surface area contributed by atoms with Gasteiger partial charge in [-0.05, 0) is 18.1 Å². The third kappa shape index (κ3) is 2.11. The summed E-state index contributed by atoms with van der Waals surface area (Å²) >= 11 is 0. The van der Waals surface area contributed by atoms with Crippen molar-refractivity contribution < 1.29 is 9.32 Å². The molecule has 82 valence electrons. The Morgan fingerprint density at radius 2 is 2.19 bits per heavy atom. The van der Waals surface area contributed by atoms with Gasteiger partial charge >= 0.3 is 0 Å². The first-order valence-electron chi connectivity index (χ1n) is 5.11. The maximum Gasteiger partial charge on any atom is 0.294 e. The number of para-hydroxylation sites is 1. The number of benzene rings is 1. The van der Waals surface area contributed by atoms with Gasteiger partial charge in [0.1, 0.15) is 0 Å². The highest BCUT2D eigenvalue weighted by Crippen LogP contribution is 2.16. The third-order valence-corrected chi connectivity index (χ3v) is 2.31. The predicted octanol–water partition coefficient (Wildman–Crippen LogP) is 2.49. The molecule has 4 heteroatoms. The van der Waals surface area contributed by atoms with E-state index in [1.54, 1.807) is 0 Å². The largest absolute Gasteiger partial charge is 0.351 e. The van der Waals surface area contributed by atoms with E-state index in [1.807, 2.05) is 31.2 Å². The number of carbonyl (C=O) groups is 1. The fourth-order valence-corrected chi connectivity index (χ4v) is 1.47. The van der Waals surface area contributed by atoms with Crippen LogP contribution in [0.15, 0.2) is 41.1 Å². The van der Waals surface area contributed by atoms with Crippen LogP contribution in [0.1, 0.15) is 23.0 Å². The molecule has 2 rings (SSSR count). The van der Waals surface area contributed by atoms with E-state index in [1.165, 1.54) is 12.3 Å². The van der Waals surface area contributed by atoms with Crippen molar-refractivity contribution in [3.63, 3.8) is 0 Å². The Hall–Kier alpha value is -2.10. The summed E-state index contributed by atoms with van der Waals surface area (Å²) < 4.78 is 4.78. The second-order valence-corrected chi connectivity index (χ2v) is 3.34. The third-order valence-electron chi connectivity index (χ3n) is 2.31. The molecule has 0 radical (unpaired) electrons. The molecule has 0 bridgehead atoms. The first-order chi connectivity index (χ1) is 7.81. The number of nitrogens with zero attached hydrogens (tertiary/aromatic N) is 1. The van der Waals surface area contributed by atoms with Gasteiger partial charge in [0.2, 0.25) is 5.76 Å². The van der Waals surface area contributed by atoms with E-state index in [9.17, 15) is 4.79 Å². The van der Waals surface area contributed by atoms with Gasteiger partial charge in [-0.25, -0.2) is 0 Å². The van der Waals surface area contributed by atoms with Crippen LogP contribution < -0.4 is 5.32 Å². The van der Waals surface area contributed by atoms with Crippen molar-refractivity contribution in [2.45, 2.75) is 13.3 Å². The first-order valence-corrected chi connectivity index (χ1v) is 5.11. The monoisotopic (exact) mass is 216 g/mol. The van der Waals surface area contributed by atoms with Gasteiger partial charge in [0, 0.05) is 11.8 Å². The van der Waals surface area contributed by atoms with Crippen molar-refractivity contribution in [3.05, 3.63) is 47.9 Å². The molecule has 4 nitrogen and oxygen atoms in total. The molecular weight excluding hydrogens is 204 g/mol. The van der Waals surface area contributed by atoms with Gasteiger partial charge in [0.15, 0.2) is 0 Å². The lowest BCUT2D eigenvalue weighted by Crippen LogP contribution is -2.12. The number of aromatic nitrogens is 1. The number of rotatable bonds is 3. The number of anilines is 1. The lowest BCUT2D eigenvalue weighted by atomic mass is 10.1.